The van der Waals surface area contributed by atoms with Crippen LogP contribution in [-0.4, -0.2) is 43.3 Å². The highest BCUT2D eigenvalue weighted by atomic mass is 28.3. The molecule has 2 aliphatic rings. The van der Waals surface area contributed by atoms with Gasteiger partial charge in [-0.1, -0.05) is 77.2 Å². The fourth-order valence-corrected chi connectivity index (χ4v) is 9.40. The fourth-order valence-electron chi connectivity index (χ4n) is 6.44. The molecule has 0 unspecified atom stereocenters. The molecular weight excluding hydrogens is 454 g/mol. The Bertz CT molecular complexity index is 917. The van der Waals surface area contributed by atoms with E-state index in [4.69, 9.17) is 9.47 Å². The van der Waals surface area contributed by atoms with Crippen molar-refractivity contribution in [3.8, 4) is 0 Å². The molecule has 1 aromatic carbocycles. The van der Waals surface area contributed by atoms with Crippen LogP contribution in [0.3, 0.4) is 0 Å². The van der Waals surface area contributed by atoms with E-state index >= 15 is 0 Å². The van der Waals surface area contributed by atoms with Crippen molar-refractivity contribution in [2.75, 3.05) is 6.61 Å². The molecule has 1 aliphatic heterocycles. The minimum absolute atomic E-state index is 0.0235. The summed E-state index contributed by atoms with van der Waals surface area (Å²) in [6.45, 7) is 22.3. The zero-order valence-corrected chi connectivity index (χ0v) is 24.6. The molecule has 1 aliphatic carbocycles. The predicted octanol–water partition coefficient (Wildman–Crippen LogP) is 7.45. The highest BCUT2D eigenvalue weighted by molar-refractivity contribution is 6.80. The summed E-state index contributed by atoms with van der Waals surface area (Å²) in [7, 11) is -1.64. The molecule has 6 heteroatoms. The number of fused-ring (bicyclic) bond motifs is 1. The highest BCUT2D eigenvalue weighted by Gasteiger charge is 2.64. The zero-order chi connectivity index (χ0) is 26.4. The Morgan fingerprint density at radius 2 is 1.69 bits per heavy atom. The van der Waals surface area contributed by atoms with Gasteiger partial charge in [-0.05, 0) is 68.4 Å². The van der Waals surface area contributed by atoms with Gasteiger partial charge in [-0.15, -0.1) is 0 Å². The Morgan fingerprint density at radius 3 is 2.20 bits per heavy atom. The second kappa shape index (κ2) is 9.57. The van der Waals surface area contributed by atoms with Crippen molar-refractivity contribution in [3.05, 3.63) is 35.9 Å². The maximum atomic E-state index is 13.8. The van der Waals surface area contributed by atoms with Gasteiger partial charge in [0.1, 0.15) is 11.6 Å². The number of carbonyl (C=O) groups is 2. The van der Waals surface area contributed by atoms with Gasteiger partial charge < -0.3 is 9.47 Å². The molecule has 1 amide bonds. The van der Waals surface area contributed by atoms with Crippen molar-refractivity contribution in [1.82, 2.24) is 4.90 Å². The molecule has 0 aromatic heterocycles. The Hall–Kier alpha value is -1.82. The summed E-state index contributed by atoms with van der Waals surface area (Å²) in [5, 5.41) is 0.264. The molecule has 0 radical (unpaired) electrons. The third-order valence-corrected chi connectivity index (χ3v) is 14.6. The van der Waals surface area contributed by atoms with Crippen LogP contribution in [0.2, 0.25) is 24.2 Å². The van der Waals surface area contributed by atoms with Crippen LogP contribution < -0.4 is 0 Å². The van der Waals surface area contributed by atoms with Gasteiger partial charge in [-0.2, -0.15) is 0 Å². The van der Waals surface area contributed by atoms with E-state index in [1.165, 1.54) is 0 Å². The topological polar surface area (TPSA) is 55.8 Å². The summed E-state index contributed by atoms with van der Waals surface area (Å²) in [5.41, 5.74) is 0.443. The number of hydrogen-bond acceptors (Lipinski definition) is 4. The molecule has 1 saturated heterocycles. The fraction of sp³-hybridized carbons (Fsp3) is 0.724. The standard InChI is InChI=1S/C29H47NO4Si/c1-11-33-25(31)24-21-17-18-29(8,19-35(9,10)28(5,6)7)22(21)23(20-15-13-12-14-16-20)30(24)26(32)34-27(2,3)4/h12-16,21-24H,11,17-19H2,1-10H3/t21-,22+,23-,24-,29-/m0/s1. The van der Waals surface area contributed by atoms with E-state index in [0.717, 1.165) is 24.4 Å². The van der Waals surface area contributed by atoms with Crippen molar-refractivity contribution in [1.29, 1.82) is 0 Å². The number of likely N-dealkylation sites (tertiary alicyclic amines) is 1. The number of hydrogen-bond donors (Lipinski definition) is 0. The summed E-state index contributed by atoms with van der Waals surface area (Å²) in [6.07, 6.45) is 1.56. The lowest BCUT2D eigenvalue weighted by atomic mass is 9.73. The lowest BCUT2D eigenvalue weighted by molar-refractivity contribution is -0.150. The minimum atomic E-state index is -1.64. The molecule has 0 bridgehead atoms. The van der Waals surface area contributed by atoms with Gasteiger partial charge in [0.25, 0.3) is 0 Å². The maximum Gasteiger partial charge on any atom is 0.411 e. The third-order valence-electron chi connectivity index (χ3n) is 8.81. The third kappa shape index (κ3) is 5.47. The maximum absolute atomic E-state index is 13.8. The number of rotatable bonds is 5. The Labute approximate surface area is 214 Å². The van der Waals surface area contributed by atoms with Crippen LogP contribution in [0.15, 0.2) is 30.3 Å². The van der Waals surface area contributed by atoms with E-state index < -0.39 is 25.8 Å². The van der Waals surface area contributed by atoms with Gasteiger partial charge in [-0.3, -0.25) is 4.90 Å². The monoisotopic (exact) mass is 501 g/mol. The summed E-state index contributed by atoms with van der Waals surface area (Å²) >= 11 is 0. The van der Waals surface area contributed by atoms with Gasteiger partial charge in [0.2, 0.25) is 0 Å². The van der Waals surface area contributed by atoms with Crippen molar-refractivity contribution >= 4 is 20.1 Å². The molecule has 0 N–H and O–H groups in total. The molecule has 1 heterocycles. The van der Waals surface area contributed by atoms with Crippen molar-refractivity contribution < 1.29 is 19.1 Å². The first kappa shape index (κ1) is 27.8. The van der Waals surface area contributed by atoms with E-state index in [2.05, 4.69) is 52.9 Å². The van der Waals surface area contributed by atoms with Gasteiger partial charge >= 0.3 is 12.1 Å². The van der Waals surface area contributed by atoms with Crippen LogP contribution in [0.1, 0.15) is 79.8 Å². The SMILES string of the molecule is CCOC(=O)[C@@H]1[C@H]2CC[C@@](C)(C[Si](C)(C)C(C)(C)C)[C@H]2[C@H](c2ccccc2)N1C(=O)OC(C)(C)C. The lowest BCUT2D eigenvalue weighted by Crippen LogP contribution is -2.48. The zero-order valence-electron chi connectivity index (χ0n) is 23.6. The van der Waals surface area contributed by atoms with Gasteiger partial charge in [0, 0.05) is 0 Å². The highest BCUT2D eigenvalue weighted by Crippen LogP contribution is 2.64. The molecule has 1 aromatic rings. The second-order valence-corrected chi connectivity index (χ2v) is 19.3. The molecule has 5 atom stereocenters. The van der Waals surface area contributed by atoms with E-state index in [1.54, 1.807) is 4.90 Å². The smallest absolute Gasteiger partial charge is 0.411 e. The summed E-state index contributed by atoms with van der Waals surface area (Å²) in [6, 6.07) is 10.6. The van der Waals surface area contributed by atoms with Crippen molar-refractivity contribution in [3.63, 3.8) is 0 Å². The van der Waals surface area contributed by atoms with E-state index in [9.17, 15) is 9.59 Å². The number of benzene rings is 1. The normalized spacial score (nSPS) is 29.1. The van der Waals surface area contributed by atoms with Crippen LogP contribution in [0.4, 0.5) is 4.79 Å². The van der Waals surface area contributed by atoms with Gasteiger partial charge in [-0.25, -0.2) is 9.59 Å². The Balaban J connectivity index is 2.16. The molecule has 1 saturated carbocycles. The molecule has 5 nitrogen and oxygen atoms in total. The number of amides is 1. The van der Waals surface area contributed by atoms with Crippen LogP contribution in [0.25, 0.3) is 0 Å². The van der Waals surface area contributed by atoms with Crippen molar-refractivity contribution in [2.45, 2.75) is 110 Å². The second-order valence-electron chi connectivity index (χ2n) is 13.6. The largest absolute Gasteiger partial charge is 0.464 e. The number of carbonyl (C=O) groups excluding carboxylic acids is 2. The first-order valence-electron chi connectivity index (χ1n) is 13.3. The Morgan fingerprint density at radius 1 is 1.09 bits per heavy atom. The van der Waals surface area contributed by atoms with E-state index in [1.807, 2.05) is 45.9 Å². The predicted molar refractivity (Wildman–Crippen MR) is 144 cm³/mol. The lowest BCUT2D eigenvalue weighted by Gasteiger charge is -2.46. The summed E-state index contributed by atoms with van der Waals surface area (Å²) in [5.74, 6) is -0.0779. The number of ether oxygens (including phenoxy) is 2. The summed E-state index contributed by atoms with van der Waals surface area (Å²) in [4.78, 5) is 28.9. The molecule has 35 heavy (non-hydrogen) atoms. The molecular formula is C29H47NO4Si. The van der Waals surface area contributed by atoms with Crippen molar-refractivity contribution in [2.24, 2.45) is 17.3 Å². The van der Waals surface area contributed by atoms with E-state index in [-0.39, 0.29) is 34.3 Å². The molecule has 196 valence electrons. The van der Waals surface area contributed by atoms with Crippen LogP contribution in [0.5, 0.6) is 0 Å². The van der Waals surface area contributed by atoms with Crippen LogP contribution in [-0.2, 0) is 14.3 Å². The van der Waals surface area contributed by atoms with Crippen LogP contribution in [0, 0.1) is 17.3 Å². The quantitative estimate of drug-likeness (QED) is 0.310. The molecule has 0 spiro atoms. The minimum Gasteiger partial charge on any atom is -0.464 e. The average Bonchev–Trinajstić information content (AvgIpc) is 3.22. The molecule has 3 rings (SSSR count). The first-order chi connectivity index (χ1) is 16.0. The number of nitrogens with zero attached hydrogens (tertiary/aromatic N) is 1. The first-order valence-corrected chi connectivity index (χ1v) is 16.5. The molecule has 2 fully saturated rings. The summed E-state index contributed by atoms with van der Waals surface area (Å²) < 4.78 is 11.5. The number of esters is 1. The van der Waals surface area contributed by atoms with Crippen LogP contribution >= 0.6 is 0 Å². The Kier molecular flexibility index (Phi) is 7.59. The van der Waals surface area contributed by atoms with Gasteiger partial charge in [0.15, 0.2) is 0 Å². The van der Waals surface area contributed by atoms with E-state index in [0.29, 0.717) is 6.61 Å². The van der Waals surface area contributed by atoms with Gasteiger partial charge in [0.05, 0.1) is 20.7 Å². The average molecular weight is 502 g/mol.